The molecule has 1 aromatic carbocycles. The van der Waals surface area contributed by atoms with E-state index in [1.807, 2.05) is 37.2 Å². The number of halogens is 1. The molecule has 106 valence electrons. The molecule has 4 nitrogen and oxygen atoms in total. The van der Waals surface area contributed by atoms with Gasteiger partial charge in [0.05, 0.1) is 18.4 Å². The standard InChI is InChI=1S/C15H18BrN3O/c1-18(2)14-8-15(20)19(17-10-14)11-13(9-16)12-6-4-3-5-7-12/h3-8,10,13H,9,11H2,1-2H3. The van der Waals surface area contributed by atoms with Gasteiger partial charge in [0.15, 0.2) is 0 Å². The fraction of sp³-hybridized carbons (Fsp3) is 0.333. The van der Waals surface area contributed by atoms with Crippen LogP contribution in [0.15, 0.2) is 47.4 Å². The lowest BCUT2D eigenvalue weighted by Gasteiger charge is -2.17. The molecule has 0 saturated heterocycles. The number of benzene rings is 1. The van der Waals surface area contributed by atoms with E-state index in [1.165, 1.54) is 10.2 Å². The van der Waals surface area contributed by atoms with E-state index in [0.29, 0.717) is 6.54 Å². The Morgan fingerprint density at radius 1 is 1.30 bits per heavy atom. The molecular weight excluding hydrogens is 318 g/mol. The Hall–Kier alpha value is -1.62. The number of anilines is 1. The first-order chi connectivity index (χ1) is 9.61. The second-order valence-corrected chi connectivity index (χ2v) is 5.54. The SMILES string of the molecule is CN(C)c1cnn(CC(CBr)c2ccccc2)c(=O)c1. The maximum absolute atomic E-state index is 12.1. The molecule has 0 amide bonds. The minimum atomic E-state index is -0.0712. The number of hydrogen-bond donors (Lipinski definition) is 0. The molecule has 0 aliphatic rings. The molecule has 0 fully saturated rings. The molecule has 0 radical (unpaired) electrons. The van der Waals surface area contributed by atoms with Gasteiger partial charge in [-0.3, -0.25) is 4.79 Å². The molecule has 1 unspecified atom stereocenters. The first kappa shape index (κ1) is 14.8. The van der Waals surface area contributed by atoms with Crippen LogP contribution in [0.2, 0.25) is 0 Å². The van der Waals surface area contributed by atoms with Crippen molar-refractivity contribution in [3.8, 4) is 0 Å². The Morgan fingerprint density at radius 2 is 2.00 bits per heavy atom. The van der Waals surface area contributed by atoms with Gasteiger partial charge in [-0.2, -0.15) is 5.10 Å². The molecule has 0 N–H and O–H groups in total. The van der Waals surface area contributed by atoms with Crippen LogP contribution in [0.5, 0.6) is 0 Å². The number of alkyl halides is 1. The molecule has 0 saturated carbocycles. The summed E-state index contributed by atoms with van der Waals surface area (Å²) in [6.45, 7) is 0.571. The molecule has 20 heavy (non-hydrogen) atoms. The van der Waals surface area contributed by atoms with Crippen LogP contribution < -0.4 is 10.5 Å². The third kappa shape index (κ3) is 3.48. The van der Waals surface area contributed by atoms with E-state index in [0.717, 1.165) is 11.0 Å². The Bertz CT molecular complexity index is 610. The fourth-order valence-corrected chi connectivity index (χ4v) is 2.56. The van der Waals surface area contributed by atoms with Crippen molar-refractivity contribution in [1.82, 2.24) is 9.78 Å². The minimum absolute atomic E-state index is 0.0712. The van der Waals surface area contributed by atoms with Gasteiger partial charge < -0.3 is 4.90 Å². The quantitative estimate of drug-likeness (QED) is 0.788. The molecule has 0 aliphatic heterocycles. The number of aromatic nitrogens is 2. The highest BCUT2D eigenvalue weighted by molar-refractivity contribution is 9.09. The summed E-state index contributed by atoms with van der Waals surface area (Å²) in [5.74, 6) is 0.228. The third-order valence-electron chi connectivity index (χ3n) is 3.22. The predicted molar refractivity (Wildman–Crippen MR) is 85.8 cm³/mol. The summed E-state index contributed by atoms with van der Waals surface area (Å²) < 4.78 is 1.52. The zero-order valence-corrected chi connectivity index (χ0v) is 13.2. The molecule has 2 aromatic rings. The topological polar surface area (TPSA) is 38.1 Å². The zero-order chi connectivity index (χ0) is 14.5. The van der Waals surface area contributed by atoms with Crippen molar-refractivity contribution < 1.29 is 0 Å². The van der Waals surface area contributed by atoms with Crippen molar-refractivity contribution in [2.45, 2.75) is 12.5 Å². The first-order valence-electron chi connectivity index (χ1n) is 6.47. The normalized spacial score (nSPS) is 12.2. The van der Waals surface area contributed by atoms with Gasteiger partial charge in [0.25, 0.3) is 5.56 Å². The summed E-state index contributed by atoms with van der Waals surface area (Å²) >= 11 is 3.52. The molecular formula is C15H18BrN3O. The van der Waals surface area contributed by atoms with E-state index in [1.54, 1.807) is 12.3 Å². The van der Waals surface area contributed by atoms with E-state index < -0.39 is 0 Å². The van der Waals surface area contributed by atoms with Crippen molar-refractivity contribution in [3.05, 3.63) is 58.5 Å². The van der Waals surface area contributed by atoms with Crippen LogP contribution in [0.25, 0.3) is 0 Å². The van der Waals surface area contributed by atoms with Crippen LogP contribution in [-0.2, 0) is 6.54 Å². The zero-order valence-electron chi connectivity index (χ0n) is 11.7. The smallest absolute Gasteiger partial charge is 0.268 e. The number of nitrogens with zero attached hydrogens (tertiary/aromatic N) is 3. The van der Waals surface area contributed by atoms with E-state index >= 15 is 0 Å². The molecule has 5 heteroatoms. The lowest BCUT2D eigenvalue weighted by atomic mass is 10.0. The highest BCUT2D eigenvalue weighted by Gasteiger charge is 2.12. The van der Waals surface area contributed by atoms with Gasteiger partial charge in [-0.15, -0.1) is 0 Å². The largest absolute Gasteiger partial charge is 0.376 e. The highest BCUT2D eigenvalue weighted by atomic mass is 79.9. The van der Waals surface area contributed by atoms with Crippen LogP contribution in [0.3, 0.4) is 0 Å². The van der Waals surface area contributed by atoms with Gasteiger partial charge in [-0.05, 0) is 5.56 Å². The van der Waals surface area contributed by atoms with Crippen molar-refractivity contribution in [2.75, 3.05) is 24.3 Å². The molecule has 2 rings (SSSR count). The molecule has 0 bridgehead atoms. The van der Waals surface area contributed by atoms with Crippen molar-refractivity contribution in [3.63, 3.8) is 0 Å². The fourth-order valence-electron chi connectivity index (χ4n) is 1.98. The summed E-state index contributed by atoms with van der Waals surface area (Å²) in [6.07, 6.45) is 1.72. The van der Waals surface area contributed by atoms with Crippen LogP contribution >= 0.6 is 15.9 Å². The molecule has 1 atom stereocenters. The van der Waals surface area contributed by atoms with E-state index in [2.05, 4.69) is 33.2 Å². The van der Waals surface area contributed by atoms with Gasteiger partial charge in [-0.25, -0.2) is 4.68 Å². The summed E-state index contributed by atoms with van der Waals surface area (Å²) in [5, 5.41) is 5.05. The van der Waals surface area contributed by atoms with Crippen LogP contribution in [-0.4, -0.2) is 29.2 Å². The van der Waals surface area contributed by atoms with Crippen molar-refractivity contribution in [2.24, 2.45) is 0 Å². The molecule has 0 aliphatic carbocycles. The average molecular weight is 336 g/mol. The number of rotatable bonds is 5. The molecule has 0 spiro atoms. The minimum Gasteiger partial charge on any atom is -0.376 e. The number of hydrogen-bond acceptors (Lipinski definition) is 3. The van der Waals surface area contributed by atoms with Gasteiger partial charge >= 0.3 is 0 Å². The van der Waals surface area contributed by atoms with Crippen LogP contribution in [0.4, 0.5) is 5.69 Å². The van der Waals surface area contributed by atoms with Gasteiger partial charge in [0.1, 0.15) is 0 Å². The Kier molecular flexibility index (Phi) is 4.95. The van der Waals surface area contributed by atoms with E-state index in [4.69, 9.17) is 0 Å². The second-order valence-electron chi connectivity index (χ2n) is 4.89. The van der Waals surface area contributed by atoms with Crippen LogP contribution in [0.1, 0.15) is 11.5 Å². The average Bonchev–Trinajstić information content (AvgIpc) is 2.46. The first-order valence-corrected chi connectivity index (χ1v) is 7.59. The Balaban J connectivity index is 2.22. The van der Waals surface area contributed by atoms with E-state index in [-0.39, 0.29) is 11.5 Å². The lowest BCUT2D eigenvalue weighted by Crippen LogP contribution is -2.27. The Labute approximate surface area is 127 Å². The molecule has 1 aromatic heterocycles. The summed E-state index contributed by atoms with van der Waals surface area (Å²) in [6, 6.07) is 11.8. The lowest BCUT2D eigenvalue weighted by molar-refractivity contribution is 0.523. The second kappa shape index (κ2) is 6.70. The van der Waals surface area contributed by atoms with Gasteiger partial charge in [-0.1, -0.05) is 46.3 Å². The predicted octanol–water partition coefficient (Wildman–Crippen LogP) is 2.49. The maximum Gasteiger partial charge on any atom is 0.268 e. The van der Waals surface area contributed by atoms with Gasteiger partial charge in [0.2, 0.25) is 0 Å². The van der Waals surface area contributed by atoms with Gasteiger partial charge in [0, 0.05) is 31.4 Å². The third-order valence-corrected chi connectivity index (χ3v) is 4.00. The van der Waals surface area contributed by atoms with Crippen molar-refractivity contribution >= 4 is 21.6 Å². The maximum atomic E-state index is 12.1. The summed E-state index contributed by atoms with van der Waals surface area (Å²) in [4.78, 5) is 14.0. The Morgan fingerprint density at radius 3 is 2.55 bits per heavy atom. The monoisotopic (exact) mass is 335 g/mol. The molecule has 1 heterocycles. The van der Waals surface area contributed by atoms with Crippen molar-refractivity contribution in [1.29, 1.82) is 0 Å². The summed E-state index contributed by atoms with van der Waals surface area (Å²) in [7, 11) is 3.79. The van der Waals surface area contributed by atoms with E-state index in [9.17, 15) is 4.79 Å². The summed E-state index contributed by atoms with van der Waals surface area (Å²) in [5.41, 5.74) is 1.95. The van der Waals surface area contributed by atoms with Crippen LogP contribution in [0, 0.1) is 0 Å². The highest BCUT2D eigenvalue weighted by Crippen LogP contribution is 2.19.